The van der Waals surface area contributed by atoms with Crippen LogP contribution < -0.4 is 5.32 Å². The molecule has 8 nitrogen and oxygen atoms in total. The van der Waals surface area contributed by atoms with Gasteiger partial charge in [-0.1, -0.05) is 18.2 Å². The van der Waals surface area contributed by atoms with Gasteiger partial charge >= 0.3 is 6.09 Å². The second-order valence-corrected chi connectivity index (χ2v) is 8.32. The second kappa shape index (κ2) is 9.62. The van der Waals surface area contributed by atoms with E-state index >= 15 is 0 Å². The largest absolute Gasteiger partial charge is 0.444 e. The van der Waals surface area contributed by atoms with Crippen molar-refractivity contribution in [2.45, 2.75) is 32.8 Å². The third kappa shape index (κ3) is 6.96. The standard InChI is InChI=1S/C21H32N4O4/c1-21(2,3)29-20(28)25-12-10-24(11-13-25)19(27)15-22-17-9-7-6-8-16(17)14-18(26)23(4)5/h6-9,22H,10-15H2,1-5H3. The monoisotopic (exact) mass is 404 g/mol. The minimum Gasteiger partial charge on any atom is -0.444 e. The molecule has 2 rings (SSSR count). The number of hydrogen-bond donors (Lipinski definition) is 1. The fraction of sp³-hybridized carbons (Fsp3) is 0.571. The summed E-state index contributed by atoms with van der Waals surface area (Å²) >= 11 is 0. The molecule has 0 aromatic heterocycles. The van der Waals surface area contributed by atoms with Gasteiger partial charge in [0.05, 0.1) is 13.0 Å². The van der Waals surface area contributed by atoms with Crippen molar-refractivity contribution in [3.63, 3.8) is 0 Å². The first-order valence-electron chi connectivity index (χ1n) is 9.84. The highest BCUT2D eigenvalue weighted by Gasteiger charge is 2.27. The van der Waals surface area contributed by atoms with Crippen LogP contribution in [-0.4, -0.2) is 85.0 Å². The first-order valence-corrected chi connectivity index (χ1v) is 9.84. The zero-order chi connectivity index (χ0) is 21.6. The minimum absolute atomic E-state index is 0.00356. The molecule has 0 spiro atoms. The number of nitrogens with zero attached hydrogens (tertiary/aromatic N) is 3. The van der Waals surface area contributed by atoms with E-state index in [1.54, 1.807) is 28.8 Å². The van der Waals surface area contributed by atoms with Crippen LogP contribution in [0.1, 0.15) is 26.3 Å². The van der Waals surface area contributed by atoms with E-state index in [0.29, 0.717) is 26.2 Å². The number of carbonyl (C=O) groups is 3. The summed E-state index contributed by atoms with van der Waals surface area (Å²) in [4.78, 5) is 41.6. The first-order chi connectivity index (χ1) is 13.6. The molecular weight excluding hydrogens is 372 g/mol. The van der Waals surface area contributed by atoms with Crippen molar-refractivity contribution in [1.82, 2.24) is 14.7 Å². The molecule has 0 saturated carbocycles. The van der Waals surface area contributed by atoms with E-state index in [-0.39, 0.29) is 30.9 Å². The molecule has 1 aromatic carbocycles. The smallest absolute Gasteiger partial charge is 0.410 e. The average Bonchev–Trinajstić information content (AvgIpc) is 2.65. The van der Waals surface area contributed by atoms with Gasteiger partial charge in [0.1, 0.15) is 5.60 Å². The predicted molar refractivity (Wildman–Crippen MR) is 112 cm³/mol. The molecule has 0 bridgehead atoms. The van der Waals surface area contributed by atoms with Gasteiger partial charge in [0.25, 0.3) is 0 Å². The van der Waals surface area contributed by atoms with E-state index in [1.165, 1.54) is 0 Å². The maximum absolute atomic E-state index is 12.6. The van der Waals surface area contributed by atoms with Crippen molar-refractivity contribution in [2.75, 3.05) is 52.1 Å². The van der Waals surface area contributed by atoms with Gasteiger partial charge in [-0.05, 0) is 32.4 Å². The lowest BCUT2D eigenvalue weighted by molar-refractivity contribution is -0.131. The lowest BCUT2D eigenvalue weighted by atomic mass is 10.1. The SMILES string of the molecule is CN(C)C(=O)Cc1ccccc1NCC(=O)N1CCN(C(=O)OC(C)(C)C)CC1. The Morgan fingerprint density at radius 3 is 2.21 bits per heavy atom. The molecule has 1 fully saturated rings. The number of ether oxygens (including phenoxy) is 1. The number of nitrogens with one attached hydrogen (secondary N) is 1. The number of likely N-dealkylation sites (N-methyl/N-ethyl adjacent to an activating group) is 1. The summed E-state index contributed by atoms with van der Waals surface area (Å²) in [6.45, 7) is 7.49. The van der Waals surface area contributed by atoms with Gasteiger partial charge in [0.15, 0.2) is 0 Å². The van der Waals surface area contributed by atoms with Crippen LogP contribution in [0.15, 0.2) is 24.3 Å². The molecule has 1 aliphatic heterocycles. The minimum atomic E-state index is -0.532. The number of carbonyl (C=O) groups excluding carboxylic acids is 3. The molecule has 0 radical (unpaired) electrons. The highest BCUT2D eigenvalue weighted by Crippen LogP contribution is 2.17. The second-order valence-electron chi connectivity index (χ2n) is 8.32. The fourth-order valence-corrected chi connectivity index (χ4v) is 2.92. The molecule has 0 atom stereocenters. The third-order valence-electron chi connectivity index (χ3n) is 4.57. The Bertz CT molecular complexity index is 734. The van der Waals surface area contributed by atoms with Crippen molar-refractivity contribution in [1.29, 1.82) is 0 Å². The van der Waals surface area contributed by atoms with Crippen LogP contribution in [0.5, 0.6) is 0 Å². The van der Waals surface area contributed by atoms with Crippen molar-refractivity contribution in [3.8, 4) is 0 Å². The van der Waals surface area contributed by atoms with Crippen LogP contribution in [0.4, 0.5) is 10.5 Å². The van der Waals surface area contributed by atoms with E-state index < -0.39 is 5.60 Å². The normalized spacial score (nSPS) is 14.4. The third-order valence-corrected chi connectivity index (χ3v) is 4.57. The number of hydrogen-bond acceptors (Lipinski definition) is 5. The average molecular weight is 405 g/mol. The molecule has 8 heteroatoms. The van der Waals surface area contributed by atoms with Crippen molar-refractivity contribution < 1.29 is 19.1 Å². The predicted octanol–water partition coefficient (Wildman–Crippen LogP) is 1.81. The number of rotatable bonds is 5. The van der Waals surface area contributed by atoms with Crippen LogP contribution in [-0.2, 0) is 20.7 Å². The number of benzene rings is 1. The molecule has 0 unspecified atom stereocenters. The van der Waals surface area contributed by atoms with E-state index in [0.717, 1.165) is 11.3 Å². The number of piperazine rings is 1. The Morgan fingerprint density at radius 2 is 1.62 bits per heavy atom. The molecule has 1 N–H and O–H groups in total. The maximum Gasteiger partial charge on any atom is 0.410 e. The highest BCUT2D eigenvalue weighted by atomic mass is 16.6. The Labute approximate surface area is 172 Å². The number of amides is 3. The van der Waals surface area contributed by atoms with Gasteiger partial charge < -0.3 is 24.8 Å². The quantitative estimate of drug-likeness (QED) is 0.809. The zero-order valence-corrected chi connectivity index (χ0v) is 18.0. The van der Waals surface area contributed by atoms with Gasteiger partial charge in [0.2, 0.25) is 11.8 Å². The van der Waals surface area contributed by atoms with Gasteiger partial charge in [-0.15, -0.1) is 0 Å². The summed E-state index contributed by atoms with van der Waals surface area (Å²) in [5.74, 6) is -0.0357. The molecule has 1 aliphatic rings. The van der Waals surface area contributed by atoms with Crippen LogP contribution in [0.2, 0.25) is 0 Å². The first kappa shape index (κ1) is 22.5. The molecular formula is C21H32N4O4. The summed E-state index contributed by atoms with van der Waals surface area (Å²) in [5.41, 5.74) is 1.10. The molecule has 1 saturated heterocycles. The van der Waals surface area contributed by atoms with Crippen LogP contribution >= 0.6 is 0 Å². The molecule has 1 aromatic rings. The van der Waals surface area contributed by atoms with E-state index in [1.807, 2.05) is 45.0 Å². The zero-order valence-electron chi connectivity index (χ0n) is 18.0. The van der Waals surface area contributed by atoms with Crippen molar-refractivity contribution in [2.24, 2.45) is 0 Å². The number of para-hydroxylation sites is 1. The van der Waals surface area contributed by atoms with E-state index in [4.69, 9.17) is 4.74 Å². The van der Waals surface area contributed by atoms with Gasteiger partial charge in [-0.25, -0.2) is 4.79 Å². The lowest BCUT2D eigenvalue weighted by Gasteiger charge is -2.35. The van der Waals surface area contributed by atoms with Crippen LogP contribution in [0.3, 0.4) is 0 Å². The van der Waals surface area contributed by atoms with Gasteiger partial charge in [0, 0.05) is 46.0 Å². The Balaban J connectivity index is 1.85. The summed E-state index contributed by atoms with van der Waals surface area (Å²) in [7, 11) is 3.44. The molecule has 160 valence electrons. The highest BCUT2D eigenvalue weighted by molar-refractivity contribution is 5.83. The van der Waals surface area contributed by atoms with Crippen molar-refractivity contribution in [3.05, 3.63) is 29.8 Å². The topological polar surface area (TPSA) is 82.2 Å². The Kier molecular flexibility index (Phi) is 7.47. The van der Waals surface area contributed by atoms with E-state index in [2.05, 4.69) is 5.32 Å². The van der Waals surface area contributed by atoms with E-state index in [9.17, 15) is 14.4 Å². The Hall–Kier alpha value is -2.77. The Morgan fingerprint density at radius 1 is 1.03 bits per heavy atom. The molecule has 3 amide bonds. The molecule has 0 aliphatic carbocycles. The van der Waals surface area contributed by atoms with Crippen LogP contribution in [0.25, 0.3) is 0 Å². The van der Waals surface area contributed by atoms with Gasteiger partial charge in [-0.2, -0.15) is 0 Å². The summed E-state index contributed by atoms with van der Waals surface area (Å²) in [5, 5.41) is 3.15. The summed E-state index contributed by atoms with van der Waals surface area (Å²) < 4.78 is 5.38. The lowest BCUT2D eigenvalue weighted by Crippen LogP contribution is -2.52. The summed E-state index contributed by atoms with van der Waals surface area (Å²) in [6, 6.07) is 7.50. The fourth-order valence-electron chi connectivity index (χ4n) is 2.92. The summed E-state index contributed by atoms with van der Waals surface area (Å²) in [6.07, 6.45) is -0.0685. The van der Waals surface area contributed by atoms with Crippen LogP contribution in [0, 0.1) is 0 Å². The van der Waals surface area contributed by atoms with Gasteiger partial charge in [-0.3, -0.25) is 9.59 Å². The molecule has 29 heavy (non-hydrogen) atoms. The van der Waals surface area contributed by atoms with Crippen molar-refractivity contribution >= 4 is 23.6 Å². The molecule has 1 heterocycles. The number of anilines is 1. The maximum atomic E-state index is 12.6.